The Labute approximate surface area is 773 Å². The van der Waals surface area contributed by atoms with Crippen LogP contribution in [0.15, 0.2) is 131 Å². The van der Waals surface area contributed by atoms with E-state index in [1.807, 2.05) is 27.7 Å². The van der Waals surface area contributed by atoms with Crippen LogP contribution in [-0.2, 0) is 76.8 Å². The van der Waals surface area contributed by atoms with Crippen LogP contribution in [0.2, 0.25) is 0 Å². The number of carbonyl (C=O) groups is 7. The molecule has 15 atom stereocenters. The smallest absolute Gasteiger partial charge is 0.407 e. The van der Waals surface area contributed by atoms with Gasteiger partial charge in [0.15, 0.2) is 11.6 Å². The first-order valence-electron chi connectivity index (χ1n) is 49.6. The van der Waals surface area contributed by atoms with Crippen LogP contribution in [0.25, 0.3) is 33.3 Å². The number of hydrogen-bond donors (Lipinski definition) is 5. The molecule has 694 valence electrons. The molecule has 6 aromatic carbocycles. The van der Waals surface area contributed by atoms with Gasteiger partial charge in [0.05, 0.1) is 59.7 Å². The molecule has 4 fully saturated rings. The van der Waals surface area contributed by atoms with Crippen LogP contribution in [0.4, 0.5) is 16.2 Å². The van der Waals surface area contributed by atoms with Crippen LogP contribution >= 0.6 is 0 Å². The van der Waals surface area contributed by atoms with Gasteiger partial charge in [0.1, 0.15) is 24.4 Å². The monoisotopic (exact) mass is 1760 g/mol. The molecule has 7 aromatic rings. The Hall–Kier alpha value is -9.74. The molecule has 130 heavy (non-hydrogen) atoms. The lowest BCUT2D eigenvalue weighted by Gasteiger charge is -2.43. The number of aryl methyl sites for hydroxylation is 5. The first kappa shape index (κ1) is 96.3. The van der Waals surface area contributed by atoms with Crippen molar-refractivity contribution in [2.75, 3.05) is 33.9 Å². The number of Topliss-reactive ketones (excluding diaryl/α,β-unsaturated/α-hetero) is 3. The number of benzene rings is 5. The standard InChI is InChI=1S/C111H145N9O10/c1-14-80-63-84(81-24-16-23-75(38-45-81)62-102(123)104(68(4)5)117-103(124)66-129-12)25-17-26-87-64-85(48-50-91(80)87)83-46-39-76(40-47-83)57-78-42-52-96-99(61-78)116-108(115-96)93-60-79(59-92(72(93)10)107(125)105(69(6)7)112-73(11)122)56-70(8)106(118-111(128)130-13)110(127)120-55-21-33-101(120)98-30-18-27-88-58-77(41-51-94(88)113-98)35-34-74-36-43-82(44-37-74)86-49-53-95-89(65-86)28-19-31-97(114-95)100-32-20-54-119(100)109(126)90(67(2)3)29-15-22-71(9)121/h36,39-43,46-53,58,61,63-65,67-70,72,75,79-81,90,92-93,100-101,104-106,110,127H,14-35,38,45,54-57,59-60,62,66H2,1-13H3,(H,112,122)(H,115,116)(H,117,124)(H,118,128). The van der Waals surface area contributed by atoms with Gasteiger partial charge in [0, 0.05) is 86.2 Å². The second kappa shape index (κ2) is 44.7. The molecule has 5 heterocycles. The lowest BCUT2D eigenvalue weighted by atomic mass is 9.63. The number of rotatable bonds is 35. The number of H-pyrrole nitrogens is 1. The SMILES string of the molecule is CCC1C=C(C2CCCC(CC(=O)C(NC(=O)COC)C(C)C)CC2)CCCc2cc(-c3ccc(Cc4ccc5nc(C6CC(CC(C)C(NC(=O)OC)C(O)N7CCCC7C7=Nc8ccc(CCc9c#cc(-c%10ccc%11c(c%10)CCCC(C%10CCCN%10C(=O)C(CCCC(C)=O)C(C)C)=N%11)cc9)cc8CCC7)CC(C(=O)C(NC(C)=O)C(C)C)C6C)[nH]c5c4)cc3)ccc21. The number of carbonyl (C=O) groups excluding carboxylic acids is 7. The Balaban J connectivity index is 0.608. The summed E-state index contributed by atoms with van der Waals surface area (Å²) in [5, 5.41) is 22.0. The van der Waals surface area contributed by atoms with Crippen LogP contribution in [0, 0.1) is 71.3 Å². The quantitative estimate of drug-likeness (QED) is 0.0184. The number of aromatic amines is 1. The van der Waals surface area contributed by atoms with Crippen molar-refractivity contribution in [3.63, 3.8) is 0 Å². The Kier molecular flexibility index (Phi) is 33.1. The summed E-state index contributed by atoms with van der Waals surface area (Å²) in [7, 11) is 2.86. The summed E-state index contributed by atoms with van der Waals surface area (Å²) in [6, 6.07) is 45.2. The van der Waals surface area contributed by atoms with E-state index in [-0.39, 0.29) is 101 Å². The van der Waals surface area contributed by atoms with E-state index in [1.165, 1.54) is 65.7 Å². The van der Waals surface area contributed by atoms with Gasteiger partial charge in [-0.1, -0.05) is 166 Å². The fourth-order valence-corrected chi connectivity index (χ4v) is 23.1. The molecular weight excluding hydrogens is 1620 g/mol. The summed E-state index contributed by atoms with van der Waals surface area (Å²) in [6.07, 6.45) is 26.4. The van der Waals surface area contributed by atoms with Gasteiger partial charge in [-0.25, -0.2) is 9.78 Å². The van der Waals surface area contributed by atoms with Crippen molar-refractivity contribution < 1.29 is 48.1 Å². The van der Waals surface area contributed by atoms with E-state index in [0.29, 0.717) is 50.0 Å². The Morgan fingerprint density at radius 3 is 2.02 bits per heavy atom. The number of allylic oxidation sites excluding steroid dienone is 2. The second-order valence-electron chi connectivity index (χ2n) is 40.6. The summed E-state index contributed by atoms with van der Waals surface area (Å²) in [4.78, 5) is 118. The molecule has 4 aliphatic heterocycles. The fourth-order valence-electron chi connectivity index (χ4n) is 23.1. The summed E-state index contributed by atoms with van der Waals surface area (Å²) >= 11 is 0. The van der Waals surface area contributed by atoms with Crippen molar-refractivity contribution >= 4 is 75.0 Å². The van der Waals surface area contributed by atoms with E-state index >= 15 is 4.79 Å². The lowest BCUT2D eigenvalue weighted by Crippen LogP contribution is -2.57. The topological polar surface area (TPSA) is 254 Å². The molecule has 2 saturated heterocycles. The zero-order valence-electron chi connectivity index (χ0n) is 79.8. The molecule has 0 spiro atoms. The molecule has 5 N–H and O–H groups in total. The number of aromatic nitrogens is 2. The van der Waals surface area contributed by atoms with Crippen molar-refractivity contribution in [3.8, 4) is 22.3 Å². The van der Waals surface area contributed by atoms with Crippen LogP contribution in [0.5, 0.6) is 0 Å². The Bertz CT molecular complexity index is 5210. The highest BCUT2D eigenvalue weighted by Crippen LogP contribution is 2.49. The number of aliphatic hydroxyl groups is 1. The number of methoxy groups -OCH3 is 2. The van der Waals surface area contributed by atoms with Crippen LogP contribution in [-0.4, -0.2) is 148 Å². The molecule has 0 bridgehead atoms. The molecule has 19 heteroatoms. The predicted octanol–water partition coefficient (Wildman–Crippen LogP) is 21.1. The van der Waals surface area contributed by atoms with Gasteiger partial charge >= 0.3 is 6.09 Å². The predicted molar refractivity (Wildman–Crippen MR) is 519 cm³/mol. The van der Waals surface area contributed by atoms with Gasteiger partial charge in [-0.05, 0) is 313 Å². The maximum atomic E-state index is 15.2. The average Bonchev–Trinajstić information content (AvgIpc) is 1.60. The van der Waals surface area contributed by atoms with E-state index in [2.05, 4.69) is 193 Å². The highest BCUT2D eigenvalue weighted by atomic mass is 16.5. The summed E-state index contributed by atoms with van der Waals surface area (Å²) < 4.78 is 10.3. The van der Waals surface area contributed by atoms with Crippen molar-refractivity contribution in [2.45, 2.75) is 311 Å². The number of ketones is 3. The number of aliphatic imine (C=N–C) groups is 2. The first-order valence-corrected chi connectivity index (χ1v) is 49.6. The average molecular weight is 1770 g/mol. The highest BCUT2D eigenvalue weighted by Gasteiger charge is 2.47. The Morgan fingerprint density at radius 1 is 0.623 bits per heavy atom. The minimum Gasteiger partial charge on any atom is -0.453 e. The van der Waals surface area contributed by atoms with Gasteiger partial charge in [0.25, 0.3) is 0 Å². The second-order valence-corrected chi connectivity index (χ2v) is 40.6. The molecule has 0 radical (unpaired) electrons. The van der Waals surface area contributed by atoms with Gasteiger partial charge in [-0.2, -0.15) is 0 Å². The van der Waals surface area contributed by atoms with E-state index < -0.39 is 36.4 Å². The first-order chi connectivity index (χ1) is 62.7. The number of aliphatic hydroxyl groups excluding tert-OH is 1. The number of imidazole rings is 1. The normalized spacial score (nSPS) is 22.9. The van der Waals surface area contributed by atoms with E-state index in [1.54, 1.807) is 12.5 Å². The molecular formula is C111H145N9O10. The van der Waals surface area contributed by atoms with Crippen molar-refractivity contribution in [2.24, 2.45) is 69.2 Å². The van der Waals surface area contributed by atoms with Gasteiger partial charge in [0.2, 0.25) is 17.7 Å². The van der Waals surface area contributed by atoms with E-state index in [9.17, 15) is 33.9 Å². The fraction of sp³-hybridized carbons (Fsp3) is 0.568. The number of alkyl carbamates (subject to hydrolysis) is 1. The number of nitrogens with one attached hydrogen (secondary N) is 4. The third-order valence-electron chi connectivity index (χ3n) is 30.3. The summed E-state index contributed by atoms with van der Waals surface area (Å²) in [5.74, 6) is 1.15. The molecule has 14 rings (SSSR count). The molecule has 4 amide bonds. The van der Waals surface area contributed by atoms with Crippen molar-refractivity contribution in [1.82, 2.24) is 35.7 Å². The number of ether oxygens (including phenoxy) is 2. The Morgan fingerprint density at radius 2 is 1.31 bits per heavy atom. The van der Waals surface area contributed by atoms with Crippen LogP contribution in [0.3, 0.4) is 0 Å². The highest BCUT2D eigenvalue weighted by molar-refractivity contribution is 5.97. The molecule has 3 aliphatic carbocycles. The number of nitrogens with zero attached hydrogens (tertiary/aromatic N) is 5. The maximum Gasteiger partial charge on any atom is 0.407 e. The van der Waals surface area contributed by atoms with Gasteiger partial charge in [-0.15, -0.1) is 0 Å². The minimum absolute atomic E-state index is 0.0179. The number of likely N-dealkylation sites (tertiary alicyclic amines) is 2. The lowest BCUT2D eigenvalue weighted by molar-refractivity contribution is -0.137. The summed E-state index contributed by atoms with van der Waals surface area (Å²) in [6.45, 7) is 23.3. The molecule has 2 saturated carbocycles. The van der Waals surface area contributed by atoms with Gasteiger partial charge in [-0.3, -0.25) is 38.9 Å². The number of amides is 4. The minimum atomic E-state index is -1.07. The molecule has 15 unspecified atom stereocenters. The largest absolute Gasteiger partial charge is 0.453 e. The zero-order chi connectivity index (χ0) is 92.0. The maximum absolute atomic E-state index is 15.2. The molecule has 19 nitrogen and oxygen atoms in total. The van der Waals surface area contributed by atoms with Gasteiger partial charge < -0.3 is 45.2 Å². The molecule has 1 aromatic heterocycles. The zero-order valence-corrected chi connectivity index (χ0v) is 79.8. The number of hydrogen-bond acceptors (Lipinski definition) is 14. The van der Waals surface area contributed by atoms with Crippen molar-refractivity contribution in [1.29, 1.82) is 0 Å². The van der Waals surface area contributed by atoms with E-state index in [0.717, 1.165) is 229 Å². The number of fused-ring (bicyclic) bond motifs is 4. The van der Waals surface area contributed by atoms with Crippen LogP contribution < -0.4 is 16.0 Å². The summed E-state index contributed by atoms with van der Waals surface area (Å²) in [5.41, 5.74) is 22.1. The van der Waals surface area contributed by atoms with E-state index in [4.69, 9.17) is 24.4 Å². The third kappa shape index (κ3) is 23.8. The third-order valence-corrected chi connectivity index (χ3v) is 30.3. The van der Waals surface area contributed by atoms with Crippen LogP contribution in [0.1, 0.15) is 286 Å². The molecule has 7 aliphatic rings. The van der Waals surface area contributed by atoms with Crippen molar-refractivity contribution in [3.05, 3.63) is 183 Å².